The maximum Gasteiger partial charge on any atom is 0.351 e. The fraction of sp³-hybridized carbons (Fsp3) is 0.0833. The highest BCUT2D eigenvalue weighted by Crippen LogP contribution is 2.26. The highest BCUT2D eigenvalue weighted by Gasteiger charge is 2.19. The minimum atomic E-state index is -0.931. The Morgan fingerprint density at radius 1 is 1.06 bits per heavy atom. The zero-order valence-electron chi connectivity index (χ0n) is 17.8. The Kier molecular flexibility index (Phi) is 5.25. The van der Waals surface area contributed by atoms with Crippen molar-refractivity contribution >= 4 is 28.3 Å². The van der Waals surface area contributed by atoms with Crippen molar-refractivity contribution in [2.75, 3.05) is 5.32 Å². The number of fused-ring (bicyclic) bond motifs is 3. The molecule has 0 aliphatic carbocycles. The Hall–Kier alpha value is -4.60. The van der Waals surface area contributed by atoms with Crippen molar-refractivity contribution in [1.82, 2.24) is 19.2 Å². The van der Waals surface area contributed by atoms with Crippen molar-refractivity contribution in [2.45, 2.75) is 13.5 Å². The molecule has 0 aliphatic rings. The van der Waals surface area contributed by atoms with Gasteiger partial charge in [0.15, 0.2) is 0 Å². The number of hydrogen-bond donors (Lipinski definition) is 1. The van der Waals surface area contributed by atoms with Crippen LogP contribution in [0.3, 0.4) is 0 Å². The minimum Gasteiger partial charge on any atom is -0.436 e. The van der Waals surface area contributed by atoms with Crippen LogP contribution in [0.1, 0.15) is 5.56 Å². The second kappa shape index (κ2) is 8.39. The van der Waals surface area contributed by atoms with E-state index in [4.69, 9.17) is 4.74 Å². The first-order valence-electron chi connectivity index (χ1n) is 10.3. The third-order valence-corrected chi connectivity index (χ3v) is 5.11. The lowest BCUT2D eigenvalue weighted by Crippen LogP contribution is -2.28. The Bertz CT molecular complexity index is 1610. The minimum absolute atomic E-state index is 0.0865. The van der Waals surface area contributed by atoms with Crippen molar-refractivity contribution in [2.24, 2.45) is 0 Å². The lowest BCUT2D eigenvalue weighted by molar-refractivity contribution is -0.117. The van der Waals surface area contributed by atoms with Gasteiger partial charge in [0.1, 0.15) is 23.9 Å². The fourth-order valence-electron chi connectivity index (χ4n) is 3.48. The third kappa shape index (κ3) is 3.96. The number of nitrogens with zero attached hydrogens (tertiary/aromatic N) is 4. The number of nitrogens with one attached hydrogen (secondary N) is 1. The topological polar surface area (TPSA) is 90.5 Å². The van der Waals surface area contributed by atoms with Gasteiger partial charge in [-0.25, -0.2) is 27.6 Å². The molecule has 0 aliphatic heterocycles. The monoisotopic (exact) mass is 461 g/mol. The number of rotatable bonds is 5. The van der Waals surface area contributed by atoms with Crippen LogP contribution in [0.4, 0.5) is 14.5 Å². The molecule has 5 aromatic rings. The molecule has 34 heavy (non-hydrogen) atoms. The van der Waals surface area contributed by atoms with Gasteiger partial charge < -0.3 is 10.1 Å². The molecule has 1 N–H and O–H groups in total. The van der Waals surface area contributed by atoms with Gasteiger partial charge in [-0.1, -0.05) is 29.8 Å². The summed E-state index contributed by atoms with van der Waals surface area (Å²) in [7, 11) is 0. The molecule has 170 valence electrons. The first-order valence-corrected chi connectivity index (χ1v) is 10.3. The van der Waals surface area contributed by atoms with E-state index in [0.29, 0.717) is 22.8 Å². The summed E-state index contributed by atoms with van der Waals surface area (Å²) in [6.45, 7) is 1.44. The van der Waals surface area contributed by atoms with Crippen molar-refractivity contribution in [3.8, 4) is 11.6 Å². The number of carbonyl (C=O) groups excluding carboxylic acids is 1. The number of carbonyl (C=O) groups is 1. The van der Waals surface area contributed by atoms with Gasteiger partial charge in [-0.3, -0.25) is 4.79 Å². The number of hydrogen-bond acceptors (Lipinski definition) is 5. The molecule has 0 fully saturated rings. The standard InChI is InChI=1S/C24H17F2N5O3/c1-14-6-9-16(10-7-14)34-23-22-29-30(13-21(32)27-18-11-8-15(25)12-17(18)26)24(33)31(22)20-5-3-2-4-19(20)28-23/h2-12H,13H2,1H3,(H,27,32). The average molecular weight is 461 g/mol. The molecule has 10 heteroatoms. The lowest BCUT2D eigenvalue weighted by atomic mass is 10.2. The van der Waals surface area contributed by atoms with Crippen LogP contribution in [0.15, 0.2) is 71.5 Å². The zero-order chi connectivity index (χ0) is 23.8. The quantitative estimate of drug-likeness (QED) is 0.426. The smallest absolute Gasteiger partial charge is 0.351 e. The van der Waals surface area contributed by atoms with E-state index in [1.807, 2.05) is 19.1 Å². The van der Waals surface area contributed by atoms with E-state index >= 15 is 0 Å². The van der Waals surface area contributed by atoms with E-state index in [9.17, 15) is 18.4 Å². The maximum atomic E-state index is 13.9. The number of benzene rings is 3. The van der Waals surface area contributed by atoms with Crippen LogP contribution in [0.25, 0.3) is 16.7 Å². The summed E-state index contributed by atoms with van der Waals surface area (Å²) in [6.07, 6.45) is 0. The normalized spacial score (nSPS) is 11.1. The zero-order valence-corrected chi connectivity index (χ0v) is 17.8. The van der Waals surface area contributed by atoms with Crippen LogP contribution >= 0.6 is 0 Å². The van der Waals surface area contributed by atoms with Crippen LogP contribution in [0.2, 0.25) is 0 Å². The molecule has 1 amide bonds. The number of aryl methyl sites for hydroxylation is 1. The van der Waals surface area contributed by atoms with Crippen LogP contribution in [0, 0.1) is 18.6 Å². The Morgan fingerprint density at radius 3 is 2.59 bits per heavy atom. The summed E-state index contributed by atoms with van der Waals surface area (Å²) < 4.78 is 35.2. The molecule has 5 rings (SSSR count). The molecule has 0 bridgehead atoms. The van der Waals surface area contributed by atoms with Gasteiger partial charge in [0.2, 0.25) is 11.6 Å². The highest BCUT2D eigenvalue weighted by atomic mass is 19.1. The molecule has 0 unspecified atom stereocenters. The number of amides is 1. The van der Waals surface area contributed by atoms with Crippen LogP contribution in [0.5, 0.6) is 11.6 Å². The van der Waals surface area contributed by atoms with Crippen LogP contribution < -0.4 is 15.7 Å². The Balaban J connectivity index is 1.55. The third-order valence-electron chi connectivity index (χ3n) is 5.11. The second-order valence-corrected chi connectivity index (χ2v) is 7.59. The SMILES string of the molecule is Cc1ccc(Oc2nc3ccccc3n3c(=O)n(CC(=O)Nc4ccc(F)cc4F)nc23)cc1. The largest absolute Gasteiger partial charge is 0.436 e. The maximum absolute atomic E-state index is 13.9. The number of para-hydroxylation sites is 2. The predicted octanol–water partition coefficient (Wildman–Crippen LogP) is 4.06. The average Bonchev–Trinajstić information content (AvgIpc) is 3.14. The van der Waals surface area contributed by atoms with Gasteiger partial charge in [0.05, 0.1) is 16.7 Å². The Morgan fingerprint density at radius 2 is 1.82 bits per heavy atom. The molecule has 0 radical (unpaired) electrons. The molecule has 0 saturated carbocycles. The molecule has 0 saturated heterocycles. The predicted molar refractivity (Wildman–Crippen MR) is 121 cm³/mol. The molecular weight excluding hydrogens is 444 g/mol. The first kappa shape index (κ1) is 21.3. The highest BCUT2D eigenvalue weighted by molar-refractivity contribution is 5.90. The fourth-order valence-corrected chi connectivity index (χ4v) is 3.48. The van der Waals surface area contributed by atoms with Crippen molar-refractivity contribution in [3.05, 3.63) is 94.4 Å². The van der Waals surface area contributed by atoms with Crippen molar-refractivity contribution < 1.29 is 18.3 Å². The van der Waals surface area contributed by atoms with E-state index in [1.54, 1.807) is 36.4 Å². The van der Waals surface area contributed by atoms with Crippen LogP contribution in [-0.2, 0) is 11.3 Å². The van der Waals surface area contributed by atoms with Gasteiger partial charge >= 0.3 is 5.69 Å². The van der Waals surface area contributed by atoms with Gasteiger partial charge in [-0.2, -0.15) is 0 Å². The van der Waals surface area contributed by atoms with Gasteiger partial charge in [0, 0.05) is 6.07 Å². The van der Waals surface area contributed by atoms with Gasteiger partial charge in [-0.05, 0) is 43.3 Å². The Labute approximate surface area is 191 Å². The summed E-state index contributed by atoms with van der Waals surface area (Å²) in [5.41, 5.74) is 1.33. The van der Waals surface area contributed by atoms with Gasteiger partial charge in [0.25, 0.3) is 5.88 Å². The molecule has 2 aromatic heterocycles. The number of ether oxygens (including phenoxy) is 1. The summed E-state index contributed by atoms with van der Waals surface area (Å²) >= 11 is 0. The molecule has 0 atom stereocenters. The molecular formula is C24H17F2N5O3. The van der Waals surface area contributed by atoms with Crippen LogP contribution in [-0.4, -0.2) is 25.1 Å². The van der Waals surface area contributed by atoms with Crippen molar-refractivity contribution in [3.63, 3.8) is 0 Å². The molecule has 3 aromatic carbocycles. The molecule has 2 heterocycles. The van der Waals surface area contributed by atoms with E-state index in [2.05, 4.69) is 15.4 Å². The lowest BCUT2D eigenvalue weighted by Gasteiger charge is -2.07. The molecule has 0 spiro atoms. The first-order chi connectivity index (χ1) is 16.4. The van der Waals surface area contributed by atoms with E-state index in [-0.39, 0.29) is 17.2 Å². The number of aromatic nitrogens is 4. The van der Waals surface area contributed by atoms with E-state index in [1.165, 1.54) is 4.40 Å². The van der Waals surface area contributed by atoms with E-state index in [0.717, 1.165) is 22.4 Å². The van der Waals surface area contributed by atoms with Crippen molar-refractivity contribution in [1.29, 1.82) is 0 Å². The van der Waals surface area contributed by atoms with Gasteiger partial charge in [-0.15, -0.1) is 5.10 Å². The second-order valence-electron chi connectivity index (χ2n) is 7.59. The molecule has 8 nitrogen and oxygen atoms in total. The number of halogens is 2. The number of anilines is 1. The summed E-state index contributed by atoms with van der Waals surface area (Å²) in [4.78, 5) is 30.2. The summed E-state index contributed by atoms with van der Waals surface area (Å²) in [6, 6.07) is 17.0. The summed E-state index contributed by atoms with van der Waals surface area (Å²) in [5, 5.41) is 6.58. The summed E-state index contributed by atoms with van der Waals surface area (Å²) in [5.74, 6) is -1.83. The van der Waals surface area contributed by atoms with E-state index < -0.39 is 29.8 Å².